The molecule has 12 heavy (non-hydrogen) atoms. The Morgan fingerprint density at radius 2 is 2.50 bits per heavy atom. The summed E-state index contributed by atoms with van der Waals surface area (Å²) in [6.07, 6.45) is 5.58. The highest BCUT2D eigenvalue weighted by Gasteiger charge is 2.35. The molecule has 0 bridgehead atoms. The molecule has 1 aliphatic rings. The van der Waals surface area contributed by atoms with Crippen molar-refractivity contribution in [1.82, 2.24) is 0 Å². The molecule has 0 spiro atoms. The van der Waals surface area contributed by atoms with Gasteiger partial charge in [0, 0.05) is 6.42 Å². The quantitative estimate of drug-likeness (QED) is 0.625. The van der Waals surface area contributed by atoms with Gasteiger partial charge in [0.25, 0.3) is 0 Å². The van der Waals surface area contributed by atoms with Crippen LogP contribution in [0.2, 0.25) is 0 Å². The molecule has 1 rings (SSSR count). The summed E-state index contributed by atoms with van der Waals surface area (Å²) < 4.78 is -0.0665. The van der Waals surface area contributed by atoms with Crippen LogP contribution in [0.15, 0.2) is 12.7 Å². The number of carbonyl (C=O) groups excluding carboxylic acids is 1. The van der Waals surface area contributed by atoms with Crippen molar-refractivity contribution in [3.63, 3.8) is 0 Å². The Bertz CT molecular complexity index is 180. The van der Waals surface area contributed by atoms with Crippen LogP contribution in [0.1, 0.15) is 32.6 Å². The fourth-order valence-corrected chi connectivity index (χ4v) is 2.79. The molecule has 1 aliphatic heterocycles. The number of Topliss-reactive ketones (excluding diaryl/α,β-unsaturated/α-hetero) is 1. The smallest absolute Gasteiger partial charge is 0.148 e. The van der Waals surface area contributed by atoms with Gasteiger partial charge in [-0.2, -0.15) is 0 Å². The van der Waals surface area contributed by atoms with Crippen LogP contribution in [0.5, 0.6) is 0 Å². The highest BCUT2D eigenvalue weighted by atomic mass is 32.2. The second-order valence-corrected chi connectivity index (χ2v) is 5.03. The van der Waals surface area contributed by atoms with Crippen molar-refractivity contribution in [2.24, 2.45) is 0 Å². The van der Waals surface area contributed by atoms with E-state index in [0.29, 0.717) is 12.2 Å². The van der Waals surface area contributed by atoms with Crippen LogP contribution in [0.3, 0.4) is 0 Å². The van der Waals surface area contributed by atoms with Gasteiger partial charge < -0.3 is 0 Å². The molecule has 1 saturated heterocycles. The van der Waals surface area contributed by atoms with E-state index < -0.39 is 0 Å². The minimum absolute atomic E-state index is 0.0665. The molecule has 0 aromatic carbocycles. The van der Waals surface area contributed by atoms with Crippen LogP contribution in [0.4, 0.5) is 0 Å². The summed E-state index contributed by atoms with van der Waals surface area (Å²) in [6.45, 7) is 5.70. The average molecular weight is 184 g/mol. The third-order valence-electron chi connectivity index (χ3n) is 2.38. The molecule has 0 N–H and O–H groups in total. The molecule has 0 aliphatic carbocycles. The van der Waals surface area contributed by atoms with E-state index in [9.17, 15) is 4.79 Å². The lowest BCUT2D eigenvalue weighted by molar-refractivity contribution is -0.120. The molecule has 0 saturated carbocycles. The van der Waals surface area contributed by atoms with Crippen LogP contribution in [-0.2, 0) is 4.79 Å². The first-order valence-corrected chi connectivity index (χ1v) is 5.46. The van der Waals surface area contributed by atoms with Crippen LogP contribution in [-0.4, -0.2) is 16.3 Å². The maximum Gasteiger partial charge on any atom is 0.148 e. The first-order valence-electron chi connectivity index (χ1n) is 4.47. The molecule has 1 fully saturated rings. The maximum atomic E-state index is 11.7. The second-order valence-electron chi connectivity index (χ2n) is 3.43. The summed E-state index contributed by atoms with van der Waals surface area (Å²) >= 11 is 1.82. The molecule has 1 heterocycles. The molecule has 1 nitrogen and oxygen atoms in total. The monoisotopic (exact) mass is 184 g/mol. The van der Waals surface area contributed by atoms with Crippen molar-refractivity contribution in [3.05, 3.63) is 12.7 Å². The molecular weight excluding hydrogens is 168 g/mol. The van der Waals surface area contributed by atoms with Gasteiger partial charge in [0.1, 0.15) is 5.78 Å². The third kappa shape index (κ3) is 2.13. The SMILES string of the molecule is C=CCCC(=O)C1(C)CCCS1. The molecule has 0 amide bonds. The van der Waals surface area contributed by atoms with Crippen molar-refractivity contribution in [1.29, 1.82) is 0 Å². The van der Waals surface area contributed by atoms with Crippen molar-refractivity contribution in [3.8, 4) is 0 Å². The Labute approximate surface area is 78.6 Å². The van der Waals surface area contributed by atoms with E-state index in [1.165, 1.54) is 6.42 Å². The van der Waals surface area contributed by atoms with Gasteiger partial charge in [0.15, 0.2) is 0 Å². The van der Waals surface area contributed by atoms with Crippen molar-refractivity contribution >= 4 is 17.5 Å². The fraction of sp³-hybridized carbons (Fsp3) is 0.700. The zero-order chi connectivity index (χ0) is 9.03. The van der Waals surface area contributed by atoms with E-state index in [2.05, 4.69) is 13.5 Å². The summed E-state index contributed by atoms with van der Waals surface area (Å²) in [6, 6.07) is 0. The van der Waals surface area contributed by atoms with Gasteiger partial charge in [-0.3, -0.25) is 4.79 Å². The van der Waals surface area contributed by atoms with Gasteiger partial charge in [0.2, 0.25) is 0 Å². The summed E-state index contributed by atoms with van der Waals surface area (Å²) in [5.41, 5.74) is 0. The first kappa shape index (κ1) is 9.85. The summed E-state index contributed by atoms with van der Waals surface area (Å²) in [4.78, 5) is 11.7. The number of allylic oxidation sites excluding steroid dienone is 1. The zero-order valence-electron chi connectivity index (χ0n) is 7.64. The normalized spacial score (nSPS) is 28.8. The predicted octanol–water partition coefficient (Wildman–Crippen LogP) is 2.81. The lowest BCUT2D eigenvalue weighted by Crippen LogP contribution is -2.28. The lowest BCUT2D eigenvalue weighted by atomic mass is 9.97. The Morgan fingerprint density at radius 3 is 3.00 bits per heavy atom. The number of rotatable bonds is 4. The molecule has 1 unspecified atom stereocenters. The molecular formula is C10H16OS. The van der Waals surface area contributed by atoms with E-state index in [1.807, 2.05) is 17.8 Å². The second kappa shape index (κ2) is 4.13. The summed E-state index contributed by atoms with van der Waals surface area (Å²) in [7, 11) is 0. The lowest BCUT2D eigenvalue weighted by Gasteiger charge is -2.20. The van der Waals surface area contributed by atoms with Gasteiger partial charge in [-0.1, -0.05) is 6.08 Å². The van der Waals surface area contributed by atoms with Crippen molar-refractivity contribution in [2.45, 2.75) is 37.4 Å². The molecule has 0 radical (unpaired) electrons. The Kier molecular flexibility index (Phi) is 3.39. The largest absolute Gasteiger partial charge is 0.298 e. The van der Waals surface area contributed by atoms with Gasteiger partial charge in [-0.05, 0) is 31.9 Å². The number of hydrogen-bond donors (Lipinski definition) is 0. The summed E-state index contributed by atoms with van der Waals surface area (Å²) in [5, 5.41) is 0. The van der Waals surface area contributed by atoms with Crippen LogP contribution in [0.25, 0.3) is 0 Å². The van der Waals surface area contributed by atoms with Crippen LogP contribution < -0.4 is 0 Å². The maximum absolute atomic E-state index is 11.7. The van der Waals surface area contributed by atoms with Crippen LogP contribution in [0, 0.1) is 0 Å². The number of ketones is 1. The minimum atomic E-state index is -0.0665. The van der Waals surface area contributed by atoms with Crippen molar-refractivity contribution < 1.29 is 4.79 Å². The van der Waals surface area contributed by atoms with Gasteiger partial charge in [-0.15, -0.1) is 18.3 Å². The van der Waals surface area contributed by atoms with E-state index in [0.717, 1.165) is 18.6 Å². The molecule has 0 aromatic rings. The molecule has 1 atom stereocenters. The van der Waals surface area contributed by atoms with Gasteiger partial charge in [0.05, 0.1) is 4.75 Å². The van der Waals surface area contributed by atoms with Gasteiger partial charge in [-0.25, -0.2) is 0 Å². The standard InChI is InChI=1S/C10H16OS/c1-3-4-6-9(11)10(2)7-5-8-12-10/h3H,1,4-8H2,2H3. The van der Waals surface area contributed by atoms with E-state index in [-0.39, 0.29) is 4.75 Å². The van der Waals surface area contributed by atoms with E-state index >= 15 is 0 Å². The number of hydrogen-bond acceptors (Lipinski definition) is 2. The van der Waals surface area contributed by atoms with Crippen molar-refractivity contribution in [2.75, 3.05) is 5.75 Å². The molecule has 2 heteroatoms. The first-order chi connectivity index (χ1) is 5.69. The fourth-order valence-electron chi connectivity index (χ4n) is 1.50. The third-order valence-corrected chi connectivity index (χ3v) is 3.95. The number of carbonyl (C=O) groups is 1. The highest BCUT2D eigenvalue weighted by Crippen LogP contribution is 2.39. The van der Waals surface area contributed by atoms with Gasteiger partial charge >= 0.3 is 0 Å². The van der Waals surface area contributed by atoms with E-state index in [1.54, 1.807) is 0 Å². The average Bonchev–Trinajstić information content (AvgIpc) is 2.49. The Balaban J connectivity index is 2.44. The highest BCUT2D eigenvalue weighted by molar-refractivity contribution is 8.01. The van der Waals surface area contributed by atoms with E-state index in [4.69, 9.17) is 0 Å². The topological polar surface area (TPSA) is 17.1 Å². The molecule has 0 aromatic heterocycles. The Hall–Kier alpha value is -0.240. The molecule has 68 valence electrons. The predicted molar refractivity (Wildman–Crippen MR) is 54.5 cm³/mol. The summed E-state index contributed by atoms with van der Waals surface area (Å²) in [5.74, 6) is 1.56. The minimum Gasteiger partial charge on any atom is -0.298 e. The Morgan fingerprint density at radius 1 is 1.75 bits per heavy atom. The van der Waals surface area contributed by atoms with Crippen LogP contribution >= 0.6 is 11.8 Å². The zero-order valence-corrected chi connectivity index (χ0v) is 8.45. The number of thioether (sulfide) groups is 1.